The Bertz CT molecular complexity index is 252. The van der Waals surface area contributed by atoms with E-state index in [9.17, 15) is 4.79 Å². The summed E-state index contributed by atoms with van der Waals surface area (Å²) >= 11 is 0. The van der Waals surface area contributed by atoms with E-state index in [-0.39, 0.29) is 11.9 Å². The van der Waals surface area contributed by atoms with Crippen LogP contribution in [0, 0.1) is 5.92 Å². The Morgan fingerprint density at radius 1 is 1.12 bits per heavy atom. The molecule has 0 aromatic carbocycles. The number of carbonyl (C=O) groups is 1. The number of likely N-dealkylation sites (tertiary alicyclic amines) is 2. The summed E-state index contributed by atoms with van der Waals surface area (Å²) in [5.74, 6) is 0.0724. The minimum atomic E-state index is -0.0316. The van der Waals surface area contributed by atoms with Crippen molar-refractivity contribution in [3.63, 3.8) is 0 Å². The number of hydrogen-bond donors (Lipinski definition) is 0. The van der Waals surface area contributed by atoms with Crippen LogP contribution in [-0.2, 0) is 9.53 Å². The molecule has 0 unspecified atom stereocenters. The molecule has 17 heavy (non-hydrogen) atoms. The smallest absolute Gasteiger partial charge is 0.309 e. The van der Waals surface area contributed by atoms with Gasteiger partial charge in [0, 0.05) is 19.6 Å². The molecule has 0 amide bonds. The van der Waals surface area contributed by atoms with E-state index in [0.29, 0.717) is 0 Å². The van der Waals surface area contributed by atoms with Crippen molar-refractivity contribution < 1.29 is 9.53 Å². The second kappa shape index (κ2) is 6.36. The average molecular weight is 240 g/mol. The molecule has 0 N–H and O–H groups in total. The molecule has 0 spiro atoms. The molecule has 0 aliphatic carbocycles. The van der Waals surface area contributed by atoms with Gasteiger partial charge in [-0.05, 0) is 45.3 Å². The third-order valence-corrected chi connectivity index (χ3v) is 3.97. The monoisotopic (exact) mass is 240 g/mol. The molecule has 0 bridgehead atoms. The molecule has 0 saturated carbocycles. The van der Waals surface area contributed by atoms with E-state index in [1.54, 1.807) is 0 Å². The maximum Gasteiger partial charge on any atom is 0.309 e. The molecule has 0 aromatic rings. The van der Waals surface area contributed by atoms with Crippen molar-refractivity contribution in [1.29, 1.82) is 0 Å². The maximum atomic E-state index is 11.5. The van der Waals surface area contributed by atoms with E-state index in [4.69, 9.17) is 4.74 Å². The SMILES string of the molecule is COC(=O)[C@H]1CCCN(CCN2CCCC2)C1. The van der Waals surface area contributed by atoms with Gasteiger partial charge in [-0.2, -0.15) is 0 Å². The summed E-state index contributed by atoms with van der Waals surface area (Å²) in [6.45, 7) is 6.81. The summed E-state index contributed by atoms with van der Waals surface area (Å²) < 4.78 is 4.84. The van der Waals surface area contributed by atoms with E-state index < -0.39 is 0 Å². The standard InChI is InChI=1S/C13H24N2O2/c1-17-13(16)12-5-4-8-15(11-12)10-9-14-6-2-3-7-14/h12H,2-11H2,1H3/t12-/m0/s1. The first-order valence-corrected chi connectivity index (χ1v) is 6.82. The van der Waals surface area contributed by atoms with Gasteiger partial charge < -0.3 is 14.5 Å². The third-order valence-electron chi connectivity index (χ3n) is 3.97. The summed E-state index contributed by atoms with van der Waals surface area (Å²) in [6.07, 6.45) is 4.82. The Hall–Kier alpha value is -0.610. The van der Waals surface area contributed by atoms with Crippen LogP contribution in [0.15, 0.2) is 0 Å². The van der Waals surface area contributed by atoms with E-state index >= 15 is 0 Å². The number of rotatable bonds is 4. The number of hydrogen-bond acceptors (Lipinski definition) is 4. The van der Waals surface area contributed by atoms with Gasteiger partial charge in [-0.15, -0.1) is 0 Å². The van der Waals surface area contributed by atoms with Crippen molar-refractivity contribution >= 4 is 5.97 Å². The minimum Gasteiger partial charge on any atom is -0.469 e. The summed E-state index contributed by atoms with van der Waals surface area (Å²) in [5, 5.41) is 0. The van der Waals surface area contributed by atoms with Crippen LogP contribution in [0.2, 0.25) is 0 Å². The lowest BCUT2D eigenvalue weighted by molar-refractivity contribution is -0.147. The zero-order chi connectivity index (χ0) is 12.1. The van der Waals surface area contributed by atoms with E-state index in [1.165, 1.54) is 33.0 Å². The van der Waals surface area contributed by atoms with Crippen LogP contribution in [0.1, 0.15) is 25.7 Å². The number of piperidine rings is 1. The van der Waals surface area contributed by atoms with E-state index in [0.717, 1.165) is 39.0 Å². The predicted molar refractivity (Wildman–Crippen MR) is 66.9 cm³/mol. The molecule has 4 heteroatoms. The first-order chi connectivity index (χ1) is 8.29. The first kappa shape index (κ1) is 12.8. The Morgan fingerprint density at radius 2 is 1.76 bits per heavy atom. The van der Waals surface area contributed by atoms with Crippen molar-refractivity contribution in [2.75, 3.05) is 46.4 Å². The van der Waals surface area contributed by atoms with Crippen molar-refractivity contribution in [2.45, 2.75) is 25.7 Å². The average Bonchev–Trinajstić information content (AvgIpc) is 2.89. The number of methoxy groups -OCH3 is 1. The molecule has 2 fully saturated rings. The molecule has 4 nitrogen and oxygen atoms in total. The molecule has 0 radical (unpaired) electrons. The number of nitrogens with zero attached hydrogens (tertiary/aromatic N) is 2. The molecular weight excluding hydrogens is 216 g/mol. The van der Waals surface area contributed by atoms with Crippen LogP contribution in [0.4, 0.5) is 0 Å². The zero-order valence-electron chi connectivity index (χ0n) is 10.9. The fraction of sp³-hybridized carbons (Fsp3) is 0.923. The van der Waals surface area contributed by atoms with Gasteiger partial charge in [0.2, 0.25) is 0 Å². The summed E-state index contributed by atoms with van der Waals surface area (Å²) in [7, 11) is 1.49. The molecule has 2 rings (SSSR count). The minimum absolute atomic E-state index is 0.0316. The van der Waals surface area contributed by atoms with Gasteiger partial charge >= 0.3 is 5.97 Å². The maximum absolute atomic E-state index is 11.5. The summed E-state index contributed by atoms with van der Waals surface area (Å²) in [6, 6.07) is 0. The molecular formula is C13H24N2O2. The van der Waals surface area contributed by atoms with Crippen molar-refractivity contribution in [2.24, 2.45) is 5.92 Å². The first-order valence-electron chi connectivity index (χ1n) is 6.82. The van der Waals surface area contributed by atoms with E-state index in [1.807, 2.05) is 0 Å². The highest BCUT2D eigenvalue weighted by Crippen LogP contribution is 2.17. The Kier molecular flexibility index (Phi) is 4.80. The molecule has 2 aliphatic heterocycles. The molecule has 98 valence electrons. The lowest BCUT2D eigenvalue weighted by Gasteiger charge is -2.32. The van der Waals surface area contributed by atoms with Crippen LogP contribution >= 0.6 is 0 Å². The third kappa shape index (κ3) is 3.68. The van der Waals surface area contributed by atoms with Gasteiger partial charge in [0.1, 0.15) is 0 Å². The number of carbonyl (C=O) groups excluding carboxylic acids is 1. The second-order valence-electron chi connectivity index (χ2n) is 5.21. The topological polar surface area (TPSA) is 32.8 Å². The van der Waals surface area contributed by atoms with Gasteiger partial charge in [0.05, 0.1) is 13.0 Å². The highest BCUT2D eigenvalue weighted by Gasteiger charge is 2.26. The lowest BCUT2D eigenvalue weighted by atomic mass is 9.98. The number of ether oxygens (including phenoxy) is 1. The van der Waals surface area contributed by atoms with Gasteiger partial charge in [0.15, 0.2) is 0 Å². The Labute approximate surface area is 104 Å². The van der Waals surface area contributed by atoms with Crippen LogP contribution in [0.5, 0.6) is 0 Å². The van der Waals surface area contributed by atoms with Gasteiger partial charge in [-0.1, -0.05) is 0 Å². The van der Waals surface area contributed by atoms with Crippen LogP contribution in [0.25, 0.3) is 0 Å². The Balaban J connectivity index is 1.71. The van der Waals surface area contributed by atoms with Crippen molar-refractivity contribution in [3.05, 3.63) is 0 Å². The second-order valence-corrected chi connectivity index (χ2v) is 5.21. The fourth-order valence-corrected chi connectivity index (χ4v) is 2.91. The fourth-order valence-electron chi connectivity index (χ4n) is 2.91. The highest BCUT2D eigenvalue weighted by molar-refractivity contribution is 5.72. The van der Waals surface area contributed by atoms with Gasteiger partial charge in [-0.25, -0.2) is 0 Å². The molecule has 2 aliphatic rings. The van der Waals surface area contributed by atoms with Crippen LogP contribution < -0.4 is 0 Å². The molecule has 0 aromatic heterocycles. The van der Waals surface area contributed by atoms with Crippen LogP contribution in [-0.4, -0.2) is 62.1 Å². The molecule has 2 heterocycles. The van der Waals surface area contributed by atoms with Crippen molar-refractivity contribution in [3.8, 4) is 0 Å². The largest absolute Gasteiger partial charge is 0.469 e. The lowest BCUT2D eigenvalue weighted by Crippen LogP contribution is -2.42. The normalized spacial score (nSPS) is 27.2. The van der Waals surface area contributed by atoms with E-state index in [2.05, 4.69) is 9.80 Å². The number of esters is 1. The summed E-state index contributed by atoms with van der Waals surface area (Å²) in [4.78, 5) is 16.5. The van der Waals surface area contributed by atoms with Gasteiger partial charge in [-0.3, -0.25) is 4.79 Å². The zero-order valence-corrected chi connectivity index (χ0v) is 10.9. The highest BCUT2D eigenvalue weighted by atomic mass is 16.5. The van der Waals surface area contributed by atoms with Crippen molar-refractivity contribution in [1.82, 2.24) is 9.80 Å². The van der Waals surface area contributed by atoms with Gasteiger partial charge in [0.25, 0.3) is 0 Å². The predicted octanol–water partition coefficient (Wildman–Crippen LogP) is 0.967. The summed E-state index contributed by atoms with van der Waals surface area (Å²) in [5.41, 5.74) is 0. The molecule has 1 atom stereocenters. The molecule has 2 saturated heterocycles. The Morgan fingerprint density at radius 3 is 2.47 bits per heavy atom. The quantitative estimate of drug-likeness (QED) is 0.685. The van der Waals surface area contributed by atoms with Crippen LogP contribution in [0.3, 0.4) is 0 Å².